The molecular weight excluding hydrogens is 310 g/mol. The molecule has 126 valence electrons. The highest BCUT2D eigenvalue weighted by Gasteiger charge is 2.25. The lowest BCUT2D eigenvalue weighted by molar-refractivity contribution is -0.121. The van der Waals surface area contributed by atoms with Crippen molar-refractivity contribution >= 4 is 5.91 Å². The predicted octanol–water partition coefficient (Wildman–Crippen LogP) is -0.198. The number of amides is 1. The number of rotatable bonds is 6. The van der Waals surface area contributed by atoms with E-state index in [1.807, 2.05) is 0 Å². The van der Waals surface area contributed by atoms with Crippen LogP contribution in [0.3, 0.4) is 0 Å². The van der Waals surface area contributed by atoms with E-state index >= 15 is 0 Å². The van der Waals surface area contributed by atoms with Crippen LogP contribution < -0.4 is 16.4 Å². The first-order valence-corrected chi connectivity index (χ1v) is 7.89. The van der Waals surface area contributed by atoms with Crippen LogP contribution >= 0.6 is 0 Å². The average molecular weight is 329 g/mol. The zero-order valence-electron chi connectivity index (χ0n) is 13.4. The van der Waals surface area contributed by atoms with Crippen molar-refractivity contribution in [3.63, 3.8) is 0 Å². The second-order valence-electron chi connectivity index (χ2n) is 5.97. The molecule has 24 heavy (non-hydrogen) atoms. The van der Waals surface area contributed by atoms with Gasteiger partial charge in [-0.25, -0.2) is 9.97 Å². The normalized spacial score (nSPS) is 13.7. The Labute approximate surface area is 138 Å². The van der Waals surface area contributed by atoms with Crippen LogP contribution in [0.4, 0.5) is 0 Å². The quantitative estimate of drug-likeness (QED) is 0.791. The molecule has 3 rings (SSSR count). The molecular formula is C16H19N5O3. The van der Waals surface area contributed by atoms with Crippen molar-refractivity contribution in [2.24, 2.45) is 0 Å². The fourth-order valence-electron chi connectivity index (χ4n) is 2.37. The van der Waals surface area contributed by atoms with Crippen LogP contribution in [0.25, 0.3) is 0 Å². The Bertz CT molecular complexity index is 867. The summed E-state index contributed by atoms with van der Waals surface area (Å²) >= 11 is 0. The number of aromatic nitrogens is 4. The molecule has 2 aromatic heterocycles. The molecule has 2 heterocycles. The molecule has 0 aliphatic heterocycles. The Morgan fingerprint density at radius 3 is 2.54 bits per heavy atom. The maximum Gasteiger partial charge on any atom is 0.253 e. The van der Waals surface area contributed by atoms with Gasteiger partial charge in [-0.2, -0.15) is 0 Å². The number of aryl methyl sites for hydroxylation is 1. The van der Waals surface area contributed by atoms with Crippen molar-refractivity contribution in [1.82, 2.24) is 24.4 Å². The summed E-state index contributed by atoms with van der Waals surface area (Å²) in [7, 11) is 0. The number of nitrogens with one attached hydrogen (secondary N) is 1. The van der Waals surface area contributed by atoms with Gasteiger partial charge in [0.15, 0.2) is 0 Å². The van der Waals surface area contributed by atoms with Gasteiger partial charge in [-0.15, -0.1) is 0 Å². The van der Waals surface area contributed by atoms with E-state index in [4.69, 9.17) is 0 Å². The Hall–Kier alpha value is -2.77. The highest BCUT2D eigenvalue weighted by molar-refractivity contribution is 5.75. The molecule has 1 amide bonds. The fraction of sp³-hybridized carbons (Fsp3) is 0.438. The van der Waals surface area contributed by atoms with Gasteiger partial charge in [0.25, 0.3) is 11.1 Å². The fourth-order valence-corrected chi connectivity index (χ4v) is 2.37. The molecule has 2 aromatic rings. The van der Waals surface area contributed by atoms with E-state index in [0.717, 1.165) is 18.5 Å². The Balaban J connectivity index is 1.51. The average Bonchev–Trinajstić information content (AvgIpc) is 3.36. The van der Waals surface area contributed by atoms with Crippen LogP contribution in [0.1, 0.15) is 30.1 Å². The topological polar surface area (TPSA) is 98.9 Å². The second kappa shape index (κ2) is 6.77. The van der Waals surface area contributed by atoms with Crippen molar-refractivity contribution in [2.45, 2.75) is 38.8 Å². The third-order valence-corrected chi connectivity index (χ3v) is 3.90. The summed E-state index contributed by atoms with van der Waals surface area (Å²) in [5.41, 5.74) is 1.08. The third kappa shape index (κ3) is 3.95. The van der Waals surface area contributed by atoms with Crippen molar-refractivity contribution in [1.29, 1.82) is 0 Å². The predicted molar refractivity (Wildman–Crippen MR) is 86.7 cm³/mol. The molecule has 1 aliphatic carbocycles. The van der Waals surface area contributed by atoms with Gasteiger partial charge >= 0.3 is 0 Å². The van der Waals surface area contributed by atoms with Crippen LogP contribution in [-0.2, 0) is 17.9 Å². The molecule has 0 unspecified atom stereocenters. The number of carbonyl (C=O) groups is 1. The van der Waals surface area contributed by atoms with E-state index in [-0.39, 0.29) is 30.1 Å². The van der Waals surface area contributed by atoms with Crippen LogP contribution in [0.5, 0.6) is 0 Å². The van der Waals surface area contributed by atoms with Gasteiger partial charge in [-0.05, 0) is 19.8 Å². The molecule has 0 aromatic carbocycles. The number of carbonyl (C=O) groups excluding carboxylic acids is 1. The van der Waals surface area contributed by atoms with E-state index in [9.17, 15) is 14.4 Å². The molecule has 0 saturated heterocycles. The maximum absolute atomic E-state index is 12.0. The van der Waals surface area contributed by atoms with Crippen molar-refractivity contribution < 1.29 is 4.79 Å². The zero-order valence-corrected chi connectivity index (χ0v) is 13.4. The minimum Gasteiger partial charge on any atom is -0.353 e. The summed E-state index contributed by atoms with van der Waals surface area (Å²) in [6.07, 6.45) is 5.07. The van der Waals surface area contributed by atoms with Crippen LogP contribution in [0, 0.1) is 6.92 Å². The Morgan fingerprint density at radius 2 is 1.88 bits per heavy atom. The van der Waals surface area contributed by atoms with Gasteiger partial charge in [0, 0.05) is 36.8 Å². The van der Waals surface area contributed by atoms with E-state index < -0.39 is 0 Å². The lowest BCUT2D eigenvalue weighted by Gasteiger charge is -2.09. The first-order valence-electron chi connectivity index (χ1n) is 7.89. The summed E-state index contributed by atoms with van der Waals surface area (Å²) in [6, 6.07) is 2.94. The lowest BCUT2D eigenvalue weighted by atomic mass is 10.3. The minimum atomic E-state index is -0.307. The van der Waals surface area contributed by atoms with Crippen molar-refractivity contribution in [3.05, 3.63) is 56.9 Å². The SMILES string of the molecule is Cc1cc(=O)n(CC(=O)NCCn2cnc(C3CC3)cc2=O)cn1. The van der Waals surface area contributed by atoms with Crippen molar-refractivity contribution in [3.8, 4) is 0 Å². The minimum absolute atomic E-state index is 0.0973. The number of hydrogen-bond acceptors (Lipinski definition) is 5. The Morgan fingerprint density at radius 1 is 1.17 bits per heavy atom. The summed E-state index contributed by atoms with van der Waals surface area (Å²) in [6.45, 7) is 2.24. The summed E-state index contributed by atoms with van der Waals surface area (Å²) in [4.78, 5) is 43.8. The molecule has 1 fully saturated rings. The second-order valence-corrected chi connectivity index (χ2v) is 5.97. The zero-order chi connectivity index (χ0) is 17.1. The van der Waals surface area contributed by atoms with Gasteiger partial charge in [0.2, 0.25) is 5.91 Å². The molecule has 0 radical (unpaired) electrons. The third-order valence-electron chi connectivity index (χ3n) is 3.90. The van der Waals surface area contributed by atoms with Gasteiger partial charge in [-0.3, -0.25) is 23.5 Å². The summed E-state index contributed by atoms with van der Waals surface area (Å²) in [5, 5.41) is 2.68. The standard InChI is InChI=1S/C16H19N5O3/c1-11-6-15(23)21(9-18-11)8-14(22)17-4-5-20-10-19-13(7-16(20)24)12-2-3-12/h6-7,9-10,12H,2-5,8H2,1H3,(H,17,22). The van der Waals surface area contributed by atoms with E-state index in [2.05, 4.69) is 15.3 Å². The van der Waals surface area contributed by atoms with Crippen LogP contribution in [-0.4, -0.2) is 31.6 Å². The van der Waals surface area contributed by atoms with Crippen molar-refractivity contribution in [2.75, 3.05) is 6.54 Å². The maximum atomic E-state index is 12.0. The number of nitrogens with zero attached hydrogens (tertiary/aromatic N) is 4. The molecule has 1 aliphatic rings. The highest BCUT2D eigenvalue weighted by Crippen LogP contribution is 2.38. The number of hydrogen-bond donors (Lipinski definition) is 1. The lowest BCUT2D eigenvalue weighted by Crippen LogP contribution is -2.35. The molecule has 1 saturated carbocycles. The van der Waals surface area contributed by atoms with E-state index in [0.29, 0.717) is 18.2 Å². The summed E-state index contributed by atoms with van der Waals surface area (Å²) < 4.78 is 2.70. The van der Waals surface area contributed by atoms with E-state index in [1.165, 1.54) is 27.9 Å². The van der Waals surface area contributed by atoms with Gasteiger partial charge < -0.3 is 5.32 Å². The molecule has 0 spiro atoms. The van der Waals surface area contributed by atoms with E-state index in [1.54, 1.807) is 13.0 Å². The first-order chi connectivity index (χ1) is 11.5. The van der Waals surface area contributed by atoms with Crippen LogP contribution in [0.15, 0.2) is 34.4 Å². The van der Waals surface area contributed by atoms with Crippen LogP contribution in [0.2, 0.25) is 0 Å². The van der Waals surface area contributed by atoms with Gasteiger partial charge in [-0.1, -0.05) is 0 Å². The molecule has 0 atom stereocenters. The largest absolute Gasteiger partial charge is 0.353 e. The Kier molecular flexibility index (Phi) is 4.54. The molecule has 1 N–H and O–H groups in total. The van der Waals surface area contributed by atoms with Gasteiger partial charge in [0.1, 0.15) is 6.54 Å². The van der Waals surface area contributed by atoms with Gasteiger partial charge in [0.05, 0.1) is 18.3 Å². The monoisotopic (exact) mass is 329 g/mol. The first kappa shape index (κ1) is 16.1. The molecule has 8 heteroatoms. The highest BCUT2D eigenvalue weighted by atomic mass is 16.2. The summed E-state index contributed by atoms with van der Waals surface area (Å²) in [5.74, 6) is 0.131. The molecule has 8 nitrogen and oxygen atoms in total. The smallest absolute Gasteiger partial charge is 0.253 e. The molecule has 0 bridgehead atoms.